The van der Waals surface area contributed by atoms with Crippen LogP contribution in [-0.4, -0.2) is 25.1 Å². The molecule has 110 valence electrons. The van der Waals surface area contributed by atoms with E-state index in [1.807, 2.05) is 25.2 Å². The quantitative estimate of drug-likeness (QED) is 0.840. The van der Waals surface area contributed by atoms with E-state index in [2.05, 4.69) is 24.5 Å². The van der Waals surface area contributed by atoms with Crippen LogP contribution in [0.5, 0.6) is 5.75 Å². The number of unbranched alkanes of at least 4 members (excludes halogenated alkanes) is 1. The zero-order valence-electron chi connectivity index (χ0n) is 12.5. The van der Waals surface area contributed by atoms with E-state index in [4.69, 9.17) is 4.74 Å². The van der Waals surface area contributed by atoms with E-state index in [9.17, 15) is 4.79 Å². The maximum absolute atomic E-state index is 12.2. The molecule has 0 aromatic heterocycles. The summed E-state index contributed by atoms with van der Waals surface area (Å²) in [6.07, 6.45) is 4.15. The summed E-state index contributed by atoms with van der Waals surface area (Å²) in [6, 6.07) is 5.73. The summed E-state index contributed by atoms with van der Waals surface area (Å²) in [5.74, 6) is 0.972. The predicted octanol–water partition coefficient (Wildman–Crippen LogP) is 2.73. The van der Waals surface area contributed by atoms with Crippen molar-refractivity contribution >= 4 is 11.6 Å². The van der Waals surface area contributed by atoms with Crippen molar-refractivity contribution in [2.45, 2.75) is 51.7 Å². The Kier molecular flexibility index (Phi) is 5.01. The van der Waals surface area contributed by atoms with Gasteiger partial charge in [-0.1, -0.05) is 19.8 Å². The van der Waals surface area contributed by atoms with Crippen LogP contribution in [0.2, 0.25) is 0 Å². The van der Waals surface area contributed by atoms with Gasteiger partial charge in [-0.3, -0.25) is 4.79 Å². The van der Waals surface area contributed by atoms with Gasteiger partial charge in [-0.05, 0) is 44.2 Å². The average molecular weight is 276 g/mol. The highest BCUT2D eigenvalue weighted by molar-refractivity contribution is 5.95. The number of ether oxygens (including phenoxy) is 1. The van der Waals surface area contributed by atoms with Crippen molar-refractivity contribution in [3.05, 3.63) is 23.8 Å². The second-order valence-corrected chi connectivity index (χ2v) is 5.43. The summed E-state index contributed by atoms with van der Waals surface area (Å²) in [6.45, 7) is 4.19. The summed E-state index contributed by atoms with van der Waals surface area (Å²) in [7, 11) is 1.83. The van der Waals surface area contributed by atoms with Crippen LogP contribution in [0, 0.1) is 0 Å². The molecule has 0 spiro atoms. The molecule has 1 amide bonds. The minimum Gasteiger partial charge on any atom is -0.490 e. The van der Waals surface area contributed by atoms with E-state index in [1.165, 1.54) is 5.56 Å². The van der Waals surface area contributed by atoms with Crippen molar-refractivity contribution in [3.8, 4) is 5.75 Å². The van der Waals surface area contributed by atoms with Crippen LogP contribution in [0.1, 0.15) is 38.7 Å². The van der Waals surface area contributed by atoms with E-state index in [-0.39, 0.29) is 18.1 Å². The molecule has 0 saturated carbocycles. The molecule has 20 heavy (non-hydrogen) atoms. The van der Waals surface area contributed by atoms with E-state index in [0.29, 0.717) is 0 Å². The third kappa shape index (κ3) is 3.51. The number of rotatable bonds is 6. The molecule has 0 bridgehead atoms. The molecule has 2 atom stereocenters. The van der Waals surface area contributed by atoms with Crippen molar-refractivity contribution in [2.24, 2.45) is 0 Å². The lowest BCUT2D eigenvalue weighted by atomic mass is 10.1. The fourth-order valence-corrected chi connectivity index (χ4v) is 2.54. The summed E-state index contributed by atoms with van der Waals surface area (Å²) in [4.78, 5) is 12.2. The predicted molar refractivity (Wildman–Crippen MR) is 81.2 cm³/mol. The van der Waals surface area contributed by atoms with Crippen LogP contribution < -0.4 is 15.4 Å². The number of amides is 1. The van der Waals surface area contributed by atoms with Crippen LogP contribution in [-0.2, 0) is 11.2 Å². The zero-order valence-corrected chi connectivity index (χ0v) is 12.5. The molecule has 4 nitrogen and oxygen atoms in total. The Hall–Kier alpha value is -1.55. The first-order chi connectivity index (χ1) is 9.63. The number of nitrogens with one attached hydrogen (secondary N) is 2. The Morgan fingerprint density at radius 2 is 2.30 bits per heavy atom. The summed E-state index contributed by atoms with van der Waals surface area (Å²) >= 11 is 0. The lowest BCUT2D eigenvalue weighted by Gasteiger charge is -2.16. The molecule has 1 aliphatic rings. The lowest BCUT2D eigenvalue weighted by Crippen LogP contribution is -2.38. The van der Waals surface area contributed by atoms with Gasteiger partial charge in [0, 0.05) is 12.1 Å². The molecule has 0 saturated heterocycles. The number of carbonyl (C=O) groups is 1. The Bertz CT molecular complexity index is 474. The van der Waals surface area contributed by atoms with Gasteiger partial charge in [0.2, 0.25) is 5.91 Å². The highest BCUT2D eigenvalue weighted by atomic mass is 16.5. The second-order valence-electron chi connectivity index (χ2n) is 5.43. The van der Waals surface area contributed by atoms with E-state index in [1.54, 1.807) is 0 Å². The van der Waals surface area contributed by atoms with Crippen molar-refractivity contribution in [2.75, 3.05) is 12.4 Å². The fraction of sp³-hybridized carbons (Fsp3) is 0.562. The van der Waals surface area contributed by atoms with Crippen molar-refractivity contribution in [1.82, 2.24) is 5.32 Å². The highest BCUT2D eigenvalue weighted by Crippen LogP contribution is 2.30. The molecular formula is C16H24N2O2. The molecule has 0 unspecified atom stereocenters. The number of carbonyl (C=O) groups excluding carboxylic acids is 1. The highest BCUT2D eigenvalue weighted by Gasteiger charge is 2.20. The average Bonchev–Trinajstić information content (AvgIpc) is 2.79. The monoisotopic (exact) mass is 276 g/mol. The molecule has 2 rings (SSSR count). The van der Waals surface area contributed by atoms with Gasteiger partial charge in [-0.2, -0.15) is 0 Å². The maximum atomic E-state index is 12.2. The third-order valence-corrected chi connectivity index (χ3v) is 3.67. The first-order valence-corrected chi connectivity index (χ1v) is 7.41. The fourth-order valence-electron chi connectivity index (χ4n) is 2.54. The third-order valence-electron chi connectivity index (χ3n) is 3.67. The van der Waals surface area contributed by atoms with Gasteiger partial charge in [-0.25, -0.2) is 0 Å². The molecule has 1 aromatic rings. The molecule has 1 aliphatic heterocycles. The van der Waals surface area contributed by atoms with E-state index < -0.39 is 0 Å². The molecular weight excluding hydrogens is 252 g/mol. The van der Waals surface area contributed by atoms with Gasteiger partial charge in [0.15, 0.2) is 0 Å². The van der Waals surface area contributed by atoms with Crippen molar-refractivity contribution in [3.63, 3.8) is 0 Å². The van der Waals surface area contributed by atoms with Crippen molar-refractivity contribution in [1.29, 1.82) is 0 Å². The van der Waals surface area contributed by atoms with Gasteiger partial charge < -0.3 is 15.4 Å². The van der Waals surface area contributed by atoms with Gasteiger partial charge in [-0.15, -0.1) is 0 Å². The Labute approximate surface area is 120 Å². The van der Waals surface area contributed by atoms with Gasteiger partial charge in [0.05, 0.1) is 6.04 Å². The van der Waals surface area contributed by atoms with Crippen LogP contribution in [0.25, 0.3) is 0 Å². The summed E-state index contributed by atoms with van der Waals surface area (Å²) < 4.78 is 5.66. The minimum absolute atomic E-state index is 0.0351. The number of benzene rings is 1. The molecule has 1 aromatic carbocycles. The lowest BCUT2D eigenvalue weighted by molar-refractivity contribution is -0.118. The Morgan fingerprint density at radius 3 is 3.00 bits per heavy atom. The van der Waals surface area contributed by atoms with Crippen LogP contribution >= 0.6 is 0 Å². The molecule has 4 heteroatoms. The first kappa shape index (κ1) is 14.9. The normalized spacial score (nSPS) is 18.2. The minimum atomic E-state index is -0.127. The van der Waals surface area contributed by atoms with Crippen molar-refractivity contribution < 1.29 is 9.53 Å². The standard InChI is InChI=1S/C16H24N2O2/c1-4-5-6-14(17-3)16(19)18-13-7-8-15-12(10-13)9-11(2)20-15/h7-8,10-11,14,17H,4-6,9H2,1-3H3,(H,18,19)/t11-,14-/m0/s1. The Morgan fingerprint density at radius 1 is 1.50 bits per heavy atom. The maximum Gasteiger partial charge on any atom is 0.241 e. The number of hydrogen-bond donors (Lipinski definition) is 2. The van der Waals surface area contributed by atoms with E-state index >= 15 is 0 Å². The SMILES string of the molecule is CCCC[C@H](NC)C(=O)Nc1ccc2c(c1)C[C@H](C)O2. The molecule has 0 aliphatic carbocycles. The molecule has 0 fully saturated rings. The van der Waals surface area contributed by atoms with Crippen LogP contribution in [0.4, 0.5) is 5.69 Å². The van der Waals surface area contributed by atoms with Gasteiger partial charge in [0.25, 0.3) is 0 Å². The van der Waals surface area contributed by atoms with Gasteiger partial charge in [0.1, 0.15) is 11.9 Å². The second kappa shape index (κ2) is 6.75. The zero-order chi connectivity index (χ0) is 14.5. The first-order valence-electron chi connectivity index (χ1n) is 7.41. The summed E-state index contributed by atoms with van der Waals surface area (Å²) in [5, 5.41) is 6.07. The largest absolute Gasteiger partial charge is 0.490 e. The number of anilines is 1. The Balaban J connectivity index is 1.99. The topological polar surface area (TPSA) is 50.4 Å². The summed E-state index contributed by atoms with van der Waals surface area (Å²) in [5.41, 5.74) is 2.02. The van der Waals surface area contributed by atoms with Crippen LogP contribution in [0.15, 0.2) is 18.2 Å². The van der Waals surface area contributed by atoms with Gasteiger partial charge >= 0.3 is 0 Å². The number of fused-ring (bicyclic) bond motifs is 1. The molecule has 2 N–H and O–H groups in total. The number of likely N-dealkylation sites (N-methyl/N-ethyl adjacent to an activating group) is 1. The van der Waals surface area contributed by atoms with Crippen LogP contribution in [0.3, 0.4) is 0 Å². The van der Waals surface area contributed by atoms with E-state index in [0.717, 1.165) is 37.1 Å². The molecule has 0 radical (unpaired) electrons. The number of hydrogen-bond acceptors (Lipinski definition) is 3. The smallest absolute Gasteiger partial charge is 0.241 e. The molecule has 1 heterocycles.